The summed E-state index contributed by atoms with van der Waals surface area (Å²) in [7, 11) is 1.84. The van der Waals surface area contributed by atoms with Gasteiger partial charge in [-0.05, 0) is 26.3 Å². The molecule has 0 spiro atoms. The molecule has 1 fully saturated rings. The topological polar surface area (TPSA) is 61.4 Å². The Balaban J connectivity index is 2.40. The Bertz CT molecular complexity index is 255. The van der Waals surface area contributed by atoms with Crippen molar-refractivity contribution in [2.75, 3.05) is 33.2 Å². The molecular weight excluding hydrogens is 230 g/mol. The number of nitrogens with one attached hydrogen (secondary N) is 2. The van der Waals surface area contributed by atoms with Crippen molar-refractivity contribution in [3.63, 3.8) is 0 Å². The van der Waals surface area contributed by atoms with E-state index in [9.17, 15) is 9.59 Å². The van der Waals surface area contributed by atoms with E-state index >= 15 is 0 Å². The lowest BCUT2D eigenvalue weighted by atomic mass is 9.97. The van der Waals surface area contributed by atoms with Gasteiger partial charge in [0, 0.05) is 32.6 Å². The largest absolute Gasteiger partial charge is 0.356 e. The SMILES string of the molecule is CCCNC(=O)C1CCCN(C(=O)CCNC)C1. The van der Waals surface area contributed by atoms with Crippen LogP contribution in [0.5, 0.6) is 0 Å². The highest BCUT2D eigenvalue weighted by molar-refractivity contribution is 5.81. The minimum atomic E-state index is -0.0242. The van der Waals surface area contributed by atoms with E-state index in [1.807, 2.05) is 18.9 Å². The smallest absolute Gasteiger partial charge is 0.224 e. The molecule has 0 aromatic heterocycles. The molecule has 18 heavy (non-hydrogen) atoms. The second-order valence-corrected chi connectivity index (χ2v) is 4.82. The predicted octanol–water partition coefficient (Wildman–Crippen LogP) is 0.361. The highest BCUT2D eigenvalue weighted by Crippen LogP contribution is 2.17. The lowest BCUT2D eigenvalue weighted by Crippen LogP contribution is -2.46. The van der Waals surface area contributed by atoms with E-state index in [1.54, 1.807) is 0 Å². The summed E-state index contributed by atoms with van der Waals surface area (Å²) in [6.07, 6.45) is 3.28. The first kappa shape index (κ1) is 15.0. The minimum Gasteiger partial charge on any atom is -0.356 e. The standard InChI is InChI=1S/C13H25N3O2/c1-3-7-15-13(18)11-5-4-9-16(10-11)12(17)6-8-14-2/h11,14H,3-10H2,1-2H3,(H,15,18). The van der Waals surface area contributed by atoms with Gasteiger partial charge in [-0.3, -0.25) is 9.59 Å². The van der Waals surface area contributed by atoms with Gasteiger partial charge in [-0.15, -0.1) is 0 Å². The van der Waals surface area contributed by atoms with E-state index in [2.05, 4.69) is 10.6 Å². The number of carbonyl (C=O) groups excluding carboxylic acids is 2. The second kappa shape index (κ2) is 8.08. The van der Waals surface area contributed by atoms with Crippen LogP contribution in [0, 0.1) is 5.92 Å². The van der Waals surface area contributed by atoms with E-state index in [1.165, 1.54) is 0 Å². The molecule has 1 heterocycles. The summed E-state index contributed by atoms with van der Waals surface area (Å²) in [5.74, 6) is 0.226. The third-order valence-corrected chi connectivity index (χ3v) is 3.28. The molecule has 2 N–H and O–H groups in total. The molecule has 0 saturated carbocycles. The zero-order chi connectivity index (χ0) is 13.4. The van der Waals surface area contributed by atoms with Crippen LogP contribution in [0.1, 0.15) is 32.6 Å². The number of hydrogen-bond acceptors (Lipinski definition) is 3. The maximum atomic E-state index is 11.9. The summed E-state index contributed by atoms with van der Waals surface area (Å²) in [5, 5.41) is 5.89. The van der Waals surface area contributed by atoms with Crippen LogP contribution >= 0.6 is 0 Å². The normalized spacial score (nSPS) is 19.7. The Kier molecular flexibility index (Phi) is 6.72. The Labute approximate surface area is 109 Å². The van der Waals surface area contributed by atoms with Gasteiger partial charge < -0.3 is 15.5 Å². The first-order chi connectivity index (χ1) is 8.69. The number of likely N-dealkylation sites (tertiary alicyclic amines) is 1. The van der Waals surface area contributed by atoms with Gasteiger partial charge >= 0.3 is 0 Å². The molecule has 2 amide bonds. The maximum absolute atomic E-state index is 11.9. The summed E-state index contributed by atoms with van der Waals surface area (Å²) in [4.78, 5) is 25.6. The summed E-state index contributed by atoms with van der Waals surface area (Å²) in [6.45, 7) is 4.83. The molecule has 0 radical (unpaired) electrons. The number of carbonyl (C=O) groups is 2. The van der Waals surface area contributed by atoms with E-state index < -0.39 is 0 Å². The van der Waals surface area contributed by atoms with Crippen LogP contribution in [0.2, 0.25) is 0 Å². The van der Waals surface area contributed by atoms with Crippen molar-refractivity contribution in [3.05, 3.63) is 0 Å². The van der Waals surface area contributed by atoms with Crippen LogP contribution in [-0.4, -0.2) is 49.9 Å². The zero-order valence-electron chi connectivity index (χ0n) is 11.5. The quantitative estimate of drug-likeness (QED) is 0.720. The average molecular weight is 255 g/mol. The summed E-state index contributed by atoms with van der Waals surface area (Å²) < 4.78 is 0. The Hall–Kier alpha value is -1.10. The van der Waals surface area contributed by atoms with Crippen molar-refractivity contribution in [1.29, 1.82) is 0 Å². The van der Waals surface area contributed by atoms with Crippen LogP contribution in [0.25, 0.3) is 0 Å². The van der Waals surface area contributed by atoms with E-state index in [0.717, 1.165) is 32.4 Å². The number of rotatable bonds is 6. The Morgan fingerprint density at radius 1 is 1.33 bits per heavy atom. The molecule has 5 heteroatoms. The fraction of sp³-hybridized carbons (Fsp3) is 0.846. The zero-order valence-corrected chi connectivity index (χ0v) is 11.5. The Morgan fingerprint density at radius 3 is 2.78 bits per heavy atom. The van der Waals surface area contributed by atoms with Crippen molar-refractivity contribution in [2.45, 2.75) is 32.6 Å². The molecule has 0 aromatic carbocycles. The molecule has 5 nitrogen and oxygen atoms in total. The average Bonchev–Trinajstić information content (AvgIpc) is 2.42. The third kappa shape index (κ3) is 4.64. The molecule has 1 aliphatic rings. The minimum absolute atomic E-state index is 0.0242. The lowest BCUT2D eigenvalue weighted by Gasteiger charge is -2.32. The maximum Gasteiger partial charge on any atom is 0.224 e. The van der Waals surface area contributed by atoms with E-state index in [4.69, 9.17) is 0 Å². The van der Waals surface area contributed by atoms with Gasteiger partial charge in [-0.25, -0.2) is 0 Å². The molecule has 1 aliphatic heterocycles. The van der Waals surface area contributed by atoms with Gasteiger partial charge in [0.2, 0.25) is 11.8 Å². The number of piperidine rings is 1. The summed E-state index contributed by atoms with van der Waals surface area (Å²) in [5.41, 5.74) is 0. The molecule has 1 rings (SSSR count). The van der Waals surface area contributed by atoms with Crippen molar-refractivity contribution in [3.8, 4) is 0 Å². The van der Waals surface area contributed by atoms with Gasteiger partial charge in [-0.2, -0.15) is 0 Å². The van der Waals surface area contributed by atoms with Gasteiger partial charge in [0.05, 0.1) is 5.92 Å². The van der Waals surface area contributed by atoms with Gasteiger partial charge in [0.25, 0.3) is 0 Å². The molecule has 0 aromatic rings. The van der Waals surface area contributed by atoms with Crippen molar-refractivity contribution < 1.29 is 9.59 Å². The summed E-state index contributed by atoms with van der Waals surface area (Å²) >= 11 is 0. The lowest BCUT2D eigenvalue weighted by molar-refractivity contribution is -0.135. The van der Waals surface area contributed by atoms with Gasteiger partial charge in [0.1, 0.15) is 0 Å². The van der Waals surface area contributed by atoms with Crippen LogP contribution in [0.3, 0.4) is 0 Å². The second-order valence-electron chi connectivity index (χ2n) is 4.82. The van der Waals surface area contributed by atoms with Crippen molar-refractivity contribution >= 4 is 11.8 Å². The molecule has 1 atom stereocenters. The van der Waals surface area contributed by atoms with E-state index in [0.29, 0.717) is 19.5 Å². The molecule has 0 aliphatic carbocycles. The molecule has 104 valence electrons. The van der Waals surface area contributed by atoms with Crippen molar-refractivity contribution in [2.24, 2.45) is 5.92 Å². The molecule has 0 bridgehead atoms. The van der Waals surface area contributed by atoms with Crippen LogP contribution in [0.4, 0.5) is 0 Å². The first-order valence-electron chi connectivity index (χ1n) is 6.89. The number of nitrogens with zero attached hydrogens (tertiary/aromatic N) is 1. The fourth-order valence-electron chi connectivity index (χ4n) is 2.20. The number of amides is 2. The van der Waals surface area contributed by atoms with Crippen molar-refractivity contribution in [1.82, 2.24) is 15.5 Å². The number of hydrogen-bond donors (Lipinski definition) is 2. The first-order valence-corrected chi connectivity index (χ1v) is 6.89. The summed E-state index contributed by atoms with van der Waals surface area (Å²) in [6, 6.07) is 0. The highest BCUT2D eigenvalue weighted by atomic mass is 16.2. The monoisotopic (exact) mass is 255 g/mol. The van der Waals surface area contributed by atoms with Gasteiger partial charge in [-0.1, -0.05) is 6.92 Å². The van der Waals surface area contributed by atoms with E-state index in [-0.39, 0.29) is 17.7 Å². The van der Waals surface area contributed by atoms with Crippen LogP contribution in [0.15, 0.2) is 0 Å². The van der Waals surface area contributed by atoms with Crippen LogP contribution < -0.4 is 10.6 Å². The van der Waals surface area contributed by atoms with Gasteiger partial charge in [0.15, 0.2) is 0 Å². The molecule has 1 saturated heterocycles. The molecular formula is C13H25N3O2. The van der Waals surface area contributed by atoms with Crippen LogP contribution in [-0.2, 0) is 9.59 Å². The highest BCUT2D eigenvalue weighted by Gasteiger charge is 2.27. The third-order valence-electron chi connectivity index (χ3n) is 3.28. The molecule has 1 unspecified atom stereocenters. The fourth-order valence-corrected chi connectivity index (χ4v) is 2.20. The Morgan fingerprint density at radius 2 is 2.11 bits per heavy atom. The predicted molar refractivity (Wildman–Crippen MR) is 71.1 cm³/mol.